The van der Waals surface area contributed by atoms with E-state index in [-0.39, 0.29) is 23.6 Å². The van der Waals surface area contributed by atoms with E-state index < -0.39 is 11.8 Å². The van der Waals surface area contributed by atoms with Crippen LogP contribution in [0.25, 0.3) is 11.1 Å². The summed E-state index contributed by atoms with van der Waals surface area (Å²) in [5.41, 5.74) is 6.07. The third kappa shape index (κ3) is 5.61. The van der Waals surface area contributed by atoms with E-state index in [0.717, 1.165) is 46.5 Å². The van der Waals surface area contributed by atoms with Gasteiger partial charge in [0, 0.05) is 36.0 Å². The summed E-state index contributed by atoms with van der Waals surface area (Å²) in [6.45, 7) is 5.23. The lowest BCUT2D eigenvalue weighted by Crippen LogP contribution is -2.35. The molecule has 2 heterocycles. The van der Waals surface area contributed by atoms with Crippen molar-refractivity contribution in [3.63, 3.8) is 0 Å². The van der Waals surface area contributed by atoms with E-state index in [1.807, 2.05) is 42.2 Å². The van der Waals surface area contributed by atoms with Crippen LogP contribution in [0.2, 0.25) is 0 Å². The summed E-state index contributed by atoms with van der Waals surface area (Å²) in [7, 11) is 0. The minimum absolute atomic E-state index is 0.00190. The number of amides is 1. The fraction of sp³-hybridized carbons (Fsp3) is 0.281. The average molecular weight is 542 g/mol. The molecule has 40 heavy (non-hydrogen) atoms. The Balaban J connectivity index is 1.29. The number of aromatic carboxylic acids is 1. The molecule has 0 spiro atoms. The van der Waals surface area contributed by atoms with Crippen LogP contribution in [0.1, 0.15) is 51.9 Å². The Labute approximate surface area is 232 Å². The molecule has 0 atom stereocenters. The van der Waals surface area contributed by atoms with Crippen molar-refractivity contribution in [2.45, 2.75) is 46.1 Å². The molecule has 0 saturated heterocycles. The lowest BCUT2D eigenvalue weighted by Gasteiger charge is -2.31. The highest BCUT2D eigenvalue weighted by molar-refractivity contribution is 5.96. The molecule has 1 N–H and O–H groups in total. The first-order valence-corrected chi connectivity index (χ1v) is 13.5. The molecule has 1 aromatic heterocycles. The van der Waals surface area contributed by atoms with Gasteiger partial charge in [0.25, 0.3) is 0 Å². The number of benzene rings is 3. The zero-order chi connectivity index (χ0) is 28.2. The van der Waals surface area contributed by atoms with E-state index in [2.05, 4.69) is 18.1 Å². The Hall–Kier alpha value is -4.46. The number of aryl methyl sites for hydroxylation is 1. The fourth-order valence-electron chi connectivity index (χ4n) is 5.25. The van der Waals surface area contributed by atoms with Crippen LogP contribution in [0.4, 0.5) is 10.1 Å². The number of hydrogen-bond acceptors (Lipinski definition) is 4. The van der Waals surface area contributed by atoms with Crippen molar-refractivity contribution in [1.29, 1.82) is 0 Å². The van der Waals surface area contributed by atoms with Crippen LogP contribution in [-0.4, -0.2) is 39.9 Å². The van der Waals surface area contributed by atoms with Gasteiger partial charge in [0.1, 0.15) is 11.6 Å². The van der Waals surface area contributed by atoms with Crippen LogP contribution in [0.3, 0.4) is 0 Å². The second-order valence-electron chi connectivity index (χ2n) is 10.1. The monoisotopic (exact) mass is 541 g/mol. The number of carbonyl (C=O) groups is 2. The van der Waals surface area contributed by atoms with Crippen molar-refractivity contribution in [3.05, 3.63) is 101 Å². The molecule has 0 aliphatic carbocycles. The average Bonchev–Trinajstić information content (AvgIpc) is 3.41. The van der Waals surface area contributed by atoms with Crippen molar-refractivity contribution in [2.75, 3.05) is 18.1 Å². The van der Waals surface area contributed by atoms with Gasteiger partial charge in [-0.2, -0.15) is 5.10 Å². The third-order valence-corrected chi connectivity index (χ3v) is 7.51. The summed E-state index contributed by atoms with van der Waals surface area (Å²) in [4.78, 5) is 26.7. The number of rotatable bonds is 9. The van der Waals surface area contributed by atoms with Gasteiger partial charge in [-0.05, 0) is 79.6 Å². The molecular formula is C32H32FN3O4. The standard InChI is InChI=1S/C32H32FN3O4/c1-21-8-3-14-30(22(21)2)40-17-7-15-31(37)36-16-6-11-25-24(9-5-13-29(25)36)23-18-34-35(19-23)20-27-26(32(38)39)10-4-12-28(27)33/h3-5,8-10,12-14,18-19H,6-7,11,15-17,20H2,1-2H3,(H,38,39). The number of carbonyl (C=O) groups excluding carboxylic acids is 1. The van der Waals surface area contributed by atoms with Gasteiger partial charge in [-0.1, -0.05) is 30.3 Å². The summed E-state index contributed by atoms with van der Waals surface area (Å²) in [6.07, 6.45) is 6.17. The molecule has 0 bridgehead atoms. The van der Waals surface area contributed by atoms with E-state index in [0.29, 0.717) is 26.0 Å². The lowest BCUT2D eigenvalue weighted by atomic mass is 9.93. The van der Waals surface area contributed by atoms with Gasteiger partial charge in [0.05, 0.1) is 24.9 Å². The van der Waals surface area contributed by atoms with Gasteiger partial charge in [-0.25, -0.2) is 9.18 Å². The van der Waals surface area contributed by atoms with Crippen LogP contribution in [0, 0.1) is 19.7 Å². The number of hydrogen-bond donors (Lipinski definition) is 1. The maximum atomic E-state index is 14.5. The summed E-state index contributed by atoms with van der Waals surface area (Å²) in [6, 6.07) is 15.9. The molecular weight excluding hydrogens is 509 g/mol. The Kier molecular flexibility index (Phi) is 7.96. The molecule has 7 nitrogen and oxygen atoms in total. The van der Waals surface area contributed by atoms with Crippen LogP contribution < -0.4 is 9.64 Å². The number of halogens is 1. The van der Waals surface area contributed by atoms with E-state index in [9.17, 15) is 19.1 Å². The Morgan fingerprint density at radius 3 is 2.70 bits per heavy atom. The molecule has 4 aromatic rings. The molecule has 0 saturated carbocycles. The Morgan fingerprint density at radius 2 is 1.88 bits per heavy atom. The van der Waals surface area contributed by atoms with E-state index in [4.69, 9.17) is 4.74 Å². The molecule has 0 unspecified atom stereocenters. The minimum Gasteiger partial charge on any atom is -0.493 e. The van der Waals surface area contributed by atoms with Crippen molar-refractivity contribution in [3.8, 4) is 16.9 Å². The van der Waals surface area contributed by atoms with E-state index in [1.54, 1.807) is 17.1 Å². The molecule has 0 radical (unpaired) electrons. The number of carboxylic acids is 1. The normalized spacial score (nSPS) is 12.7. The molecule has 5 rings (SSSR count). The maximum Gasteiger partial charge on any atom is 0.336 e. The van der Waals surface area contributed by atoms with E-state index >= 15 is 0 Å². The maximum absolute atomic E-state index is 14.5. The van der Waals surface area contributed by atoms with Crippen molar-refractivity contribution in [2.24, 2.45) is 0 Å². The number of fused-ring (bicyclic) bond motifs is 1. The molecule has 8 heteroatoms. The van der Waals surface area contributed by atoms with Gasteiger partial charge >= 0.3 is 5.97 Å². The minimum atomic E-state index is -1.18. The topological polar surface area (TPSA) is 84.7 Å². The summed E-state index contributed by atoms with van der Waals surface area (Å²) in [5, 5.41) is 13.8. The van der Waals surface area contributed by atoms with Crippen molar-refractivity contribution in [1.82, 2.24) is 9.78 Å². The number of anilines is 1. The predicted octanol–water partition coefficient (Wildman–Crippen LogP) is 6.19. The molecule has 1 aliphatic heterocycles. The zero-order valence-corrected chi connectivity index (χ0v) is 22.7. The van der Waals surface area contributed by atoms with Gasteiger partial charge in [0.15, 0.2) is 0 Å². The molecule has 3 aromatic carbocycles. The van der Waals surface area contributed by atoms with Crippen LogP contribution in [0.15, 0.2) is 67.0 Å². The highest BCUT2D eigenvalue weighted by atomic mass is 19.1. The number of nitrogens with zero attached hydrogens (tertiary/aromatic N) is 3. The fourth-order valence-corrected chi connectivity index (χ4v) is 5.25. The lowest BCUT2D eigenvalue weighted by molar-refractivity contribution is -0.118. The van der Waals surface area contributed by atoms with Crippen molar-refractivity contribution >= 4 is 17.6 Å². The third-order valence-electron chi connectivity index (χ3n) is 7.51. The van der Waals surface area contributed by atoms with Crippen LogP contribution >= 0.6 is 0 Å². The molecule has 206 valence electrons. The molecule has 0 fully saturated rings. The second kappa shape index (κ2) is 11.7. The largest absolute Gasteiger partial charge is 0.493 e. The zero-order valence-electron chi connectivity index (χ0n) is 22.7. The van der Waals surface area contributed by atoms with Crippen LogP contribution in [0.5, 0.6) is 5.75 Å². The highest BCUT2D eigenvalue weighted by Gasteiger charge is 2.25. The molecule has 1 amide bonds. The SMILES string of the molecule is Cc1cccc(OCCCC(=O)N2CCCc3c(-c4cnn(Cc5c(F)cccc5C(=O)O)c4)cccc32)c1C. The first-order chi connectivity index (χ1) is 19.3. The van der Waals surface area contributed by atoms with Crippen molar-refractivity contribution < 1.29 is 23.8 Å². The highest BCUT2D eigenvalue weighted by Crippen LogP contribution is 2.36. The first-order valence-electron chi connectivity index (χ1n) is 13.5. The smallest absolute Gasteiger partial charge is 0.336 e. The first kappa shape index (κ1) is 27.1. The van der Waals surface area contributed by atoms with E-state index in [1.165, 1.54) is 23.8 Å². The summed E-state index contributed by atoms with van der Waals surface area (Å²) >= 11 is 0. The Bertz CT molecular complexity index is 1560. The Morgan fingerprint density at radius 1 is 1.07 bits per heavy atom. The number of ether oxygens (including phenoxy) is 1. The predicted molar refractivity (Wildman–Crippen MR) is 151 cm³/mol. The van der Waals surface area contributed by atoms with Crippen LogP contribution in [-0.2, 0) is 17.8 Å². The summed E-state index contributed by atoms with van der Waals surface area (Å²) < 4.78 is 21.9. The number of carboxylic acid groups (broad SMARTS) is 1. The second-order valence-corrected chi connectivity index (χ2v) is 10.1. The van der Waals surface area contributed by atoms with Gasteiger partial charge < -0.3 is 14.7 Å². The quantitative estimate of drug-likeness (QED) is 0.256. The van der Waals surface area contributed by atoms with Gasteiger partial charge in [-0.15, -0.1) is 0 Å². The number of aromatic nitrogens is 2. The summed E-state index contributed by atoms with van der Waals surface area (Å²) in [5.74, 6) is -0.836. The van der Waals surface area contributed by atoms with Gasteiger partial charge in [0.2, 0.25) is 5.91 Å². The molecule has 1 aliphatic rings. The van der Waals surface area contributed by atoms with Gasteiger partial charge in [-0.3, -0.25) is 9.48 Å².